The normalized spacial score (nSPS) is 10.6. The predicted octanol–water partition coefficient (Wildman–Crippen LogP) is 5.07. The molecule has 4 aromatic carbocycles. The van der Waals surface area contributed by atoms with Gasteiger partial charge >= 0.3 is 11.9 Å². The molecule has 0 fully saturated rings. The zero-order valence-corrected chi connectivity index (χ0v) is 24.2. The summed E-state index contributed by atoms with van der Waals surface area (Å²) in [6.45, 7) is 3.10. The van der Waals surface area contributed by atoms with Crippen LogP contribution in [0.25, 0.3) is 0 Å². The Morgan fingerprint density at radius 2 is 1.51 bits per heavy atom. The molecule has 0 unspecified atom stereocenters. The van der Waals surface area contributed by atoms with Gasteiger partial charge in [0.05, 0.1) is 23.8 Å². The number of nitrogens with one attached hydrogen (secondary N) is 2. The molecule has 228 valence electrons. The molecule has 0 spiro atoms. The Hall–Kier alpha value is -6.37. The molecule has 0 aliphatic heterocycles. The number of hydrogen-bond donors (Lipinski definition) is 2. The van der Waals surface area contributed by atoms with Gasteiger partial charge in [-0.05, 0) is 67.6 Å². The third-order valence-corrected chi connectivity index (χ3v) is 6.11. The van der Waals surface area contributed by atoms with Gasteiger partial charge < -0.3 is 19.5 Å². The number of hydrogen-bond acceptors (Lipinski definition) is 10. The molecule has 0 heterocycles. The average Bonchev–Trinajstić information content (AvgIpc) is 3.01. The molecule has 13 heteroatoms. The summed E-state index contributed by atoms with van der Waals surface area (Å²) in [6.07, 6.45) is 1.09. The molecule has 45 heavy (non-hydrogen) atoms. The summed E-state index contributed by atoms with van der Waals surface area (Å²) in [7, 11) is 1.33. The van der Waals surface area contributed by atoms with E-state index in [1.54, 1.807) is 30.3 Å². The van der Waals surface area contributed by atoms with Crippen LogP contribution < -0.4 is 25.0 Å². The Morgan fingerprint density at radius 3 is 2.18 bits per heavy atom. The molecule has 2 N–H and O–H groups in total. The Balaban J connectivity index is 1.45. The number of carbonyl (C=O) groups excluding carboxylic acids is 4. The molecule has 13 nitrogen and oxygen atoms in total. The number of anilines is 1. The quantitative estimate of drug-likeness (QED) is 0.0816. The van der Waals surface area contributed by atoms with Gasteiger partial charge in [0, 0.05) is 41.4 Å². The van der Waals surface area contributed by atoms with E-state index in [9.17, 15) is 29.3 Å². The number of amides is 2. The van der Waals surface area contributed by atoms with E-state index >= 15 is 0 Å². The van der Waals surface area contributed by atoms with Crippen molar-refractivity contribution in [3.63, 3.8) is 0 Å². The minimum absolute atomic E-state index is 0.0237. The SMILES string of the molecule is COc1cc(C(=O)Oc2ccc([N+](=O)[O-])cc2/C=N/NC(=O)c2ccc(NC(=O)c3cccc(C)c3)cc2)ccc1OC(C)=O. The fourth-order valence-electron chi connectivity index (χ4n) is 3.96. The first-order valence-corrected chi connectivity index (χ1v) is 13.2. The lowest BCUT2D eigenvalue weighted by Gasteiger charge is -2.11. The minimum atomic E-state index is -0.843. The lowest BCUT2D eigenvalue weighted by Crippen LogP contribution is -2.18. The monoisotopic (exact) mass is 610 g/mol. The number of ether oxygens (including phenoxy) is 3. The molecular formula is C32H26N4O9. The van der Waals surface area contributed by atoms with Crippen molar-refractivity contribution in [3.8, 4) is 17.2 Å². The third-order valence-electron chi connectivity index (χ3n) is 6.11. The van der Waals surface area contributed by atoms with Gasteiger partial charge in [0.25, 0.3) is 17.5 Å². The van der Waals surface area contributed by atoms with Gasteiger partial charge in [0.2, 0.25) is 0 Å². The highest BCUT2D eigenvalue weighted by Gasteiger charge is 2.18. The minimum Gasteiger partial charge on any atom is -0.493 e. The number of rotatable bonds is 10. The fraction of sp³-hybridized carbons (Fsp3) is 0.0938. The van der Waals surface area contributed by atoms with Crippen molar-refractivity contribution < 1.29 is 38.3 Å². The lowest BCUT2D eigenvalue weighted by molar-refractivity contribution is -0.384. The van der Waals surface area contributed by atoms with Gasteiger partial charge in [0.15, 0.2) is 11.5 Å². The number of nitro benzene ring substituents is 1. The highest BCUT2D eigenvalue weighted by molar-refractivity contribution is 6.04. The van der Waals surface area contributed by atoms with Crippen LogP contribution in [0, 0.1) is 17.0 Å². The molecule has 0 radical (unpaired) electrons. The Bertz CT molecular complexity index is 1820. The molecule has 0 atom stereocenters. The molecule has 0 saturated carbocycles. The number of non-ortho nitro benzene ring substituents is 1. The summed E-state index contributed by atoms with van der Waals surface area (Å²) in [4.78, 5) is 60.0. The van der Waals surface area contributed by atoms with E-state index in [2.05, 4.69) is 15.8 Å². The van der Waals surface area contributed by atoms with Crippen molar-refractivity contribution in [1.82, 2.24) is 5.43 Å². The van der Waals surface area contributed by atoms with Crippen LogP contribution in [0.5, 0.6) is 17.2 Å². The third kappa shape index (κ3) is 8.35. The maximum Gasteiger partial charge on any atom is 0.343 e. The highest BCUT2D eigenvalue weighted by atomic mass is 16.6. The van der Waals surface area contributed by atoms with Gasteiger partial charge in [-0.15, -0.1) is 0 Å². The van der Waals surface area contributed by atoms with E-state index in [0.29, 0.717) is 11.3 Å². The molecule has 4 aromatic rings. The number of hydrazone groups is 1. The molecular weight excluding hydrogens is 584 g/mol. The summed E-state index contributed by atoms with van der Waals surface area (Å²) in [5, 5.41) is 18.0. The number of benzene rings is 4. The molecule has 0 saturated heterocycles. The molecule has 0 aliphatic carbocycles. The van der Waals surface area contributed by atoms with Gasteiger partial charge in [-0.25, -0.2) is 10.2 Å². The lowest BCUT2D eigenvalue weighted by atomic mass is 10.1. The van der Waals surface area contributed by atoms with E-state index in [-0.39, 0.29) is 45.5 Å². The first-order chi connectivity index (χ1) is 21.5. The smallest absolute Gasteiger partial charge is 0.343 e. The van der Waals surface area contributed by atoms with Crippen LogP contribution in [0.15, 0.2) is 90.0 Å². The van der Waals surface area contributed by atoms with Crippen LogP contribution in [0.1, 0.15) is 49.1 Å². The summed E-state index contributed by atoms with van der Waals surface area (Å²) in [6, 6.07) is 20.7. The highest BCUT2D eigenvalue weighted by Crippen LogP contribution is 2.30. The van der Waals surface area contributed by atoms with Crippen molar-refractivity contribution in [2.24, 2.45) is 5.10 Å². The van der Waals surface area contributed by atoms with Crippen molar-refractivity contribution in [2.45, 2.75) is 13.8 Å². The van der Waals surface area contributed by atoms with Gasteiger partial charge in [-0.1, -0.05) is 17.7 Å². The number of esters is 2. The van der Waals surface area contributed by atoms with E-state index in [0.717, 1.165) is 23.9 Å². The summed E-state index contributed by atoms with van der Waals surface area (Å²) >= 11 is 0. The topological polar surface area (TPSA) is 176 Å². The van der Waals surface area contributed by atoms with Crippen molar-refractivity contribution in [3.05, 3.63) is 123 Å². The fourth-order valence-corrected chi connectivity index (χ4v) is 3.96. The van der Waals surface area contributed by atoms with Crippen LogP contribution in [0.3, 0.4) is 0 Å². The molecule has 0 aromatic heterocycles. The zero-order chi connectivity index (χ0) is 32.5. The number of methoxy groups -OCH3 is 1. The Morgan fingerprint density at radius 1 is 0.800 bits per heavy atom. The Labute approximate surface area is 256 Å². The molecule has 2 amide bonds. The standard InChI is InChI=1S/C32H26N4O9/c1-19-5-4-6-22(15-19)30(38)34-25-10-7-21(8-11-25)31(39)35-33-18-24-16-26(36(41)42)12-14-27(24)45-32(40)23-9-13-28(44-20(2)37)29(17-23)43-3/h4-18H,1-3H3,(H,34,38)(H,35,39)/b33-18+. The average molecular weight is 611 g/mol. The summed E-state index contributed by atoms with van der Waals surface area (Å²) in [5.74, 6) is -2.20. The molecule has 4 rings (SSSR count). The van der Waals surface area contributed by atoms with Gasteiger partial charge in [-0.3, -0.25) is 24.5 Å². The van der Waals surface area contributed by atoms with E-state index in [1.807, 2.05) is 13.0 Å². The van der Waals surface area contributed by atoms with Crippen LogP contribution in [-0.4, -0.2) is 42.0 Å². The van der Waals surface area contributed by atoms with Crippen LogP contribution in [0.4, 0.5) is 11.4 Å². The maximum absolute atomic E-state index is 12.9. The molecule has 0 aliphatic rings. The first-order valence-electron chi connectivity index (χ1n) is 13.2. The number of aryl methyl sites for hydroxylation is 1. The number of nitro groups is 1. The summed E-state index contributed by atoms with van der Waals surface area (Å²) < 4.78 is 15.7. The van der Waals surface area contributed by atoms with Gasteiger partial charge in [-0.2, -0.15) is 5.10 Å². The van der Waals surface area contributed by atoms with Crippen LogP contribution >= 0.6 is 0 Å². The van der Waals surface area contributed by atoms with Crippen molar-refractivity contribution >= 4 is 41.3 Å². The Kier molecular flexibility index (Phi) is 9.96. The van der Waals surface area contributed by atoms with Crippen LogP contribution in [-0.2, 0) is 4.79 Å². The van der Waals surface area contributed by atoms with Gasteiger partial charge in [0.1, 0.15) is 5.75 Å². The number of carbonyl (C=O) groups is 4. The predicted molar refractivity (Wildman–Crippen MR) is 163 cm³/mol. The molecule has 0 bridgehead atoms. The van der Waals surface area contributed by atoms with E-state index < -0.39 is 22.8 Å². The largest absolute Gasteiger partial charge is 0.493 e. The van der Waals surface area contributed by atoms with E-state index in [1.165, 1.54) is 50.4 Å². The second kappa shape index (κ2) is 14.2. The van der Waals surface area contributed by atoms with E-state index in [4.69, 9.17) is 14.2 Å². The van der Waals surface area contributed by atoms with Crippen molar-refractivity contribution in [1.29, 1.82) is 0 Å². The second-order valence-electron chi connectivity index (χ2n) is 9.43. The maximum atomic E-state index is 12.9. The zero-order valence-electron chi connectivity index (χ0n) is 24.2. The number of nitrogens with zero attached hydrogens (tertiary/aromatic N) is 2. The second-order valence-corrected chi connectivity index (χ2v) is 9.43. The summed E-state index contributed by atoms with van der Waals surface area (Å²) in [5.41, 5.74) is 4.20. The van der Waals surface area contributed by atoms with Crippen molar-refractivity contribution in [2.75, 3.05) is 12.4 Å². The first kappa shape index (κ1) is 31.6. The van der Waals surface area contributed by atoms with Crippen LogP contribution in [0.2, 0.25) is 0 Å².